The smallest absolute Gasteiger partial charge is 0.244 e. The van der Waals surface area contributed by atoms with Gasteiger partial charge in [0.2, 0.25) is 10.0 Å². The molecule has 1 aromatic rings. The summed E-state index contributed by atoms with van der Waals surface area (Å²) in [5, 5.41) is 6.51. The van der Waals surface area contributed by atoms with Gasteiger partial charge in [-0.15, -0.1) is 0 Å². The number of ether oxygens (including phenoxy) is 1. The Hall–Kier alpha value is -0.960. The van der Waals surface area contributed by atoms with Crippen molar-refractivity contribution in [2.24, 2.45) is 5.73 Å². The van der Waals surface area contributed by atoms with E-state index in [0.717, 1.165) is 0 Å². The molecule has 4 N–H and O–H groups in total. The fourth-order valence-electron chi connectivity index (χ4n) is 1.87. The molecule has 0 bridgehead atoms. The molecule has 0 radical (unpaired) electrons. The van der Waals surface area contributed by atoms with Crippen molar-refractivity contribution < 1.29 is 13.2 Å². The molecule has 1 unspecified atom stereocenters. The molecule has 0 saturated carbocycles. The lowest BCUT2D eigenvalue weighted by Gasteiger charge is -2.11. The number of hydrogen-bond donors (Lipinski definition) is 3. The molecule has 8 heteroatoms. The third-order valence-electron chi connectivity index (χ3n) is 2.67. The van der Waals surface area contributed by atoms with Crippen LogP contribution in [0.1, 0.15) is 17.8 Å². The van der Waals surface area contributed by atoms with Crippen LogP contribution < -0.4 is 10.5 Å². The van der Waals surface area contributed by atoms with Crippen molar-refractivity contribution in [1.82, 2.24) is 14.9 Å². The Labute approximate surface area is 99.8 Å². The Morgan fingerprint density at radius 1 is 1.65 bits per heavy atom. The molecular formula is C9H16N4O3S. The van der Waals surface area contributed by atoms with E-state index in [4.69, 9.17) is 10.5 Å². The number of H-pyrrole nitrogens is 1. The van der Waals surface area contributed by atoms with E-state index in [1.807, 2.05) is 0 Å². The van der Waals surface area contributed by atoms with Gasteiger partial charge in [0.15, 0.2) is 0 Å². The molecule has 0 aliphatic carbocycles. The molecule has 0 spiro atoms. The zero-order chi connectivity index (χ0) is 12.5. The molecule has 1 fully saturated rings. The zero-order valence-corrected chi connectivity index (χ0v) is 10.4. The first-order chi connectivity index (χ1) is 8.04. The van der Waals surface area contributed by atoms with Crippen LogP contribution in [0.15, 0.2) is 4.90 Å². The van der Waals surface area contributed by atoms with E-state index in [9.17, 15) is 8.42 Å². The Morgan fingerprint density at radius 3 is 3.00 bits per heavy atom. The minimum atomic E-state index is -3.58. The molecule has 1 aliphatic rings. The maximum absolute atomic E-state index is 12.2. The molecule has 1 saturated heterocycles. The van der Waals surface area contributed by atoms with Crippen LogP contribution in [-0.4, -0.2) is 37.9 Å². The van der Waals surface area contributed by atoms with Crippen molar-refractivity contribution in [3.8, 4) is 0 Å². The lowest BCUT2D eigenvalue weighted by Crippen LogP contribution is -2.35. The average Bonchev–Trinajstić information content (AvgIpc) is 2.86. The van der Waals surface area contributed by atoms with Crippen molar-refractivity contribution in [2.45, 2.75) is 30.8 Å². The van der Waals surface area contributed by atoms with E-state index in [1.54, 1.807) is 6.92 Å². The molecular weight excluding hydrogens is 244 g/mol. The largest absolute Gasteiger partial charge is 0.380 e. The van der Waals surface area contributed by atoms with Gasteiger partial charge in [0.1, 0.15) is 4.90 Å². The van der Waals surface area contributed by atoms with Gasteiger partial charge >= 0.3 is 0 Å². The standard InChI is InChI=1S/C9H16N4O3S/c1-6-9(8(4-10)12-11-6)17(14,15)13-7-2-3-16-5-7/h7,13H,2-5,10H2,1H3,(H,11,12). The average molecular weight is 260 g/mol. The van der Waals surface area contributed by atoms with Gasteiger partial charge in [-0.3, -0.25) is 5.10 Å². The topological polar surface area (TPSA) is 110 Å². The second kappa shape index (κ2) is 4.73. The molecule has 96 valence electrons. The molecule has 2 heterocycles. The van der Waals surface area contributed by atoms with Gasteiger partial charge in [-0.25, -0.2) is 13.1 Å². The van der Waals surface area contributed by atoms with Crippen LogP contribution in [0.5, 0.6) is 0 Å². The molecule has 0 amide bonds. The van der Waals surface area contributed by atoms with Crippen LogP contribution >= 0.6 is 0 Å². The number of rotatable bonds is 4. The number of nitrogens with one attached hydrogen (secondary N) is 2. The molecule has 1 aliphatic heterocycles. The second-order valence-electron chi connectivity index (χ2n) is 4.01. The van der Waals surface area contributed by atoms with Crippen LogP contribution in [0.3, 0.4) is 0 Å². The second-order valence-corrected chi connectivity index (χ2v) is 5.66. The quantitative estimate of drug-likeness (QED) is 0.659. The minimum Gasteiger partial charge on any atom is -0.380 e. The summed E-state index contributed by atoms with van der Waals surface area (Å²) in [5.41, 5.74) is 6.32. The summed E-state index contributed by atoms with van der Waals surface area (Å²) >= 11 is 0. The highest BCUT2D eigenvalue weighted by Crippen LogP contribution is 2.18. The number of aromatic nitrogens is 2. The lowest BCUT2D eigenvalue weighted by molar-refractivity contribution is 0.192. The Bertz CT molecular complexity index is 490. The maximum atomic E-state index is 12.2. The molecule has 1 atom stereocenters. The highest BCUT2D eigenvalue weighted by Gasteiger charge is 2.28. The summed E-state index contributed by atoms with van der Waals surface area (Å²) < 4.78 is 32.1. The van der Waals surface area contributed by atoms with Crippen molar-refractivity contribution >= 4 is 10.0 Å². The Kier molecular flexibility index (Phi) is 3.48. The van der Waals surface area contributed by atoms with Crippen molar-refractivity contribution in [2.75, 3.05) is 13.2 Å². The van der Waals surface area contributed by atoms with Gasteiger partial charge in [-0.1, -0.05) is 0 Å². The predicted octanol–water partition coefficient (Wildman–Crippen LogP) is -0.756. The first kappa shape index (κ1) is 12.5. The number of aryl methyl sites for hydroxylation is 1. The molecule has 2 rings (SSSR count). The van der Waals surface area contributed by atoms with Gasteiger partial charge in [-0.2, -0.15) is 5.10 Å². The zero-order valence-electron chi connectivity index (χ0n) is 9.56. The molecule has 1 aromatic heterocycles. The van der Waals surface area contributed by atoms with Gasteiger partial charge in [0.25, 0.3) is 0 Å². The summed E-state index contributed by atoms with van der Waals surface area (Å²) in [5.74, 6) is 0. The predicted molar refractivity (Wildman–Crippen MR) is 60.8 cm³/mol. The van der Waals surface area contributed by atoms with Crippen molar-refractivity contribution in [3.63, 3.8) is 0 Å². The first-order valence-corrected chi connectivity index (χ1v) is 6.87. The number of aromatic amines is 1. The van der Waals surface area contributed by atoms with E-state index < -0.39 is 10.0 Å². The van der Waals surface area contributed by atoms with E-state index >= 15 is 0 Å². The van der Waals surface area contributed by atoms with E-state index in [2.05, 4.69) is 14.9 Å². The van der Waals surface area contributed by atoms with E-state index in [-0.39, 0.29) is 17.5 Å². The van der Waals surface area contributed by atoms with Gasteiger partial charge < -0.3 is 10.5 Å². The number of nitrogens with zero attached hydrogens (tertiary/aromatic N) is 1. The lowest BCUT2D eigenvalue weighted by atomic mass is 10.3. The fraction of sp³-hybridized carbons (Fsp3) is 0.667. The first-order valence-electron chi connectivity index (χ1n) is 5.38. The number of sulfonamides is 1. The summed E-state index contributed by atoms with van der Waals surface area (Å²) in [6.45, 7) is 2.74. The van der Waals surface area contributed by atoms with Gasteiger partial charge in [-0.05, 0) is 13.3 Å². The minimum absolute atomic E-state index is 0.0851. The summed E-state index contributed by atoms with van der Waals surface area (Å²) in [6.07, 6.45) is 0.689. The normalized spacial score (nSPS) is 20.9. The van der Waals surface area contributed by atoms with Crippen LogP contribution in [0.25, 0.3) is 0 Å². The monoisotopic (exact) mass is 260 g/mol. The third-order valence-corrected chi connectivity index (χ3v) is 4.40. The maximum Gasteiger partial charge on any atom is 0.244 e. The summed E-state index contributed by atoms with van der Waals surface area (Å²) in [4.78, 5) is 0.159. The van der Waals surface area contributed by atoms with Crippen LogP contribution in [-0.2, 0) is 21.3 Å². The fourth-order valence-corrected chi connectivity index (χ4v) is 3.50. The molecule has 0 aromatic carbocycles. The van der Waals surface area contributed by atoms with Gasteiger partial charge in [0.05, 0.1) is 18.0 Å². The molecule has 17 heavy (non-hydrogen) atoms. The van der Waals surface area contributed by atoms with Crippen LogP contribution in [0.2, 0.25) is 0 Å². The van der Waals surface area contributed by atoms with Crippen LogP contribution in [0, 0.1) is 6.92 Å². The Balaban J connectivity index is 2.27. The summed E-state index contributed by atoms with van der Waals surface area (Å²) in [7, 11) is -3.58. The third kappa shape index (κ3) is 2.49. The van der Waals surface area contributed by atoms with Crippen LogP contribution in [0.4, 0.5) is 0 Å². The highest BCUT2D eigenvalue weighted by atomic mass is 32.2. The van der Waals surface area contributed by atoms with Crippen molar-refractivity contribution in [1.29, 1.82) is 0 Å². The number of hydrogen-bond acceptors (Lipinski definition) is 5. The Morgan fingerprint density at radius 2 is 2.41 bits per heavy atom. The van der Waals surface area contributed by atoms with E-state index in [0.29, 0.717) is 31.0 Å². The van der Waals surface area contributed by atoms with E-state index in [1.165, 1.54) is 0 Å². The molecule has 7 nitrogen and oxygen atoms in total. The SMILES string of the molecule is Cc1[nH]nc(CN)c1S(=O)(=O)NC1CCOC1. The number of nitrogens with two attached hydrogens (primary N) is 1. The van der Waals surface area contributed by atoms with Crippen molar-refractivity contribution in [3.05, 3.63) is 11.4 Å². The highest BCUT2D eigenvalue weighted by molar-refractivity contribution is 7.89. The summed E-state index contributed by atoms with van der Waals surface area (Å²) in [6, 6.07) is -0.167. The van der Waals surface area contributed by atoms with Gasteiger partial charge in [0, 0.05) is 19.2 Å².